The van der Waals surface area contributed by atoms with Crippen LogP contribution in [0.3, 0.4) is 0 Å². The number of imidazole rings is 1. The number of aromatic nitrogens is 3. The van der Waals surface area contributed by atoms with Gasteiger partial charge in [0.05, 0.1) is 12.2 Å². The van der Waals surface area contributed by atoms with Crippen LogP contribution in [0.1, 0.15) is 34.9 Å². The van der Waals surface area contributed by atoms with Gasteiger partial charge in [0.2, 0.25) is 0 Å². The van der Waals surface area contributed by atoms with Gasteiger partial charge in [-0.25, -0.2) is 4.98 Å². The van der Waals surface area contributed by atoms with Crippen molar-refractivity contribution in [2.45, 2.75) is 19.9 Å². The van der Waals surface area contributed by atoms with Crippen LogP contribution in [-0.2, 0) is 0 Å². The molecule has 2 heterocycles. The molecule has 0 aliphatic rings. The molecule has 2 N–H and O–H groups in total. The van der Waals surface area contributed by atoms with Gasteiger partial charge >= 0.3 is 0 Å². The van der Waals surface area contributed by atoms with Crippen molar-refractivity contribution >= 4 is 5.91 Å². The summed E-state index contributed by atoms with van der Waals surface area (Å²) in [6.45, 7) is 3.54. The van der Waals surface area contributed by atoms with E-state index in [-0.39, 0.29) is 11.9 Å². The minimum atomic E-state index is -0.220. The predicted octanol–water partition coefficient (Wildman–Crippen LogP) is 1.20. The van der Waals surface area contributed by atoms with Crippen molar-refractivity contribution in [2.24, 2.45) is 0 Å². The molecule has 1 amide bonds. The fourth-order valence-electron chi connectivity index (χ4n) is 1.37. The Morgan fingerprint density at radius 3 is 3.00 bits per heavy atom. The zero-order valence-corrected chi connectivity index (χ0v) is 9.02. The lowest BCUT2D eigenvalue weighted by atomic mass is 10.2. The summed E-state index contributed by atoms with van der Waals surface area (Å²) in [5.41, 5.74) is 0.443. The maximum atomic E-state index is 11.8. The van der Waals surface area contributed by atoms with E-state index >= 15 is 0 Å². The Hall–Kier alpha value is -2.11. The second kappa shape index (κ2) is 4.18. The fourth-order valence-corrected chi connectivity index (χ4v) is 1.37. The highest BCUT2D eigenvalue weighted by Gasteiger charge is 2.16. The van der Waals surface area contributed by atoms with Gasteiger partial charge in [0, 0.05) is 12.4 Å². The van der Waals surface area contributed by atoms with Crippen molar-refractivity contribution in [2.75, 3.05) is 0 Å². The lowest BCUT2D eigenvalue weighted by molar-refractivity contribution is 0.0937. The zero-order chi connectivity index (χ0) is 11.5. The molecule has 1 unspecified atom stereocenters. The van der Waals surface area contributed by atoms with E-state index in [2.05, 4.69) is 20.4 Å². The molecule has 0 aromatic carbocycles. The van der Waals surface area contributed by atoms with Crippen LogP contribution in [-0.4, -0.2) is 21.0 Å². The minimum absolute atomic E-state index is 0.184. The summed E-state index contributed by atoms with van der Waals surface area (Å²) in [6, 6.07) is -0.184. The number of aromatic amines is 1. The Morgan fingerprint density at radius 2 is 2.44 bits per heavy atom. The lowest BCUT2D eigenvalue weighted by Gasteiger charge is -2.10. The number of rotatable bonds is 3. The smallest absolute Gasteiger partial charge is 0.257 e. The van der Waals surface area contributed by atoms with E-state index in [4.69, 9.17) is 4.52 Å². The summed E-state index contributed by atoms with van der Waals surface area (Å²) in [4.78, 5) is 18.8. The Labute approximate surface area is 92.1 Å². The first-order valence-electron chi connectivity index (χ1n) is 4.90. The molecular formula is C10H12N4O2. The molecule has 0 aliphatic heterocycles. The molecule has 0 saturated heterocycles. The van der Waals surface area contributed by atoms with E-state index < -0.39 is 0 Å². The molecule has 0 bridgehead atoms. The molecule has 0 radical (unpaired) electrons. The number of carbonyl (C=O) groups excluding carboxylic acids is 1. The first-order chi connectivity index (χ1) is 7.68. The average Bonchev–Trinajstić information content (AvgIpc) is 2.86. The molecule has 6 heteroatoms. The summed E-state index contributed by atoms with van der Waals surface area (Å²) in [7, 11) is 0. The van der Waals surface area contributed by atoms with E-state index in [0.717, 1.165) is 0 Å². The molecule has 1 atom stereocenters. The monoisotopic (exact) mass is 220 g/mol. The van der Waals surface area contributed by atoms with Crippen LogP contribution < -0.4 is 5.32 Å². The van der Waals surface area contributed by atoms with Crippen LogP contribution in [0.4, 0.5) is 0 Å². The van der Waals surface area contributed by atoms with Crippen LogP contribution in [0, 0.1) is 6.92 Å². The summed E-state index contributed by atoms with van der Waals surface area (Å²) in [5, 5.41) is 6.35. The van der Waals surface area contributed by atoms with Gasteiger partial charge in [-0.05, 0) is 13.8 Å². The van der Waals surface area contributed by atoms with Gasteiger partial charge < -0.3 is 14.8 Å². The van der Waals surface area contributed by atoms with Crippen LogP contribution in [0.5, 0.6) is 0 Å². The van der Waals surface area contributed by atoms with E-state index in [1.807, 2.05) is 6.92 Å². The molecule has 2 aromatic rings. The van der Waals surface area contributed by atoms with Crippen molar-refractivity contribution in [3.05, 3.63) is 35.7 Å². The number of nitrogens with one attached hydrogen (secondary N) is 2. The predicted molar refractivity (Wildman–Crippen MR) is 55.7 cm³/mol. The topological polar surface area (TPSA) is 83.8 Å². The van der Waals surface area contributed by atoms with Gasteiger partial charge in [-0.3, -0.25) is 4.79 Å². The number of H-pyrrole nitrogens is 1. The van der Waals surface area contributed by atoms with Gasteiger partial charge in [-0.15, -0.1) is 0 Å². The molecule has 16 heavy (non-hydrogen) atoms. The molecule has 2 aromatic heterocycles. The summed E-state index contributed by atoms with van der Waals surface area (Å²) >= 11 is 0. The minimum Gasteiger partial charge on any atom is -0.361 e. The highest BCUT2D eigenvalue weighted by Crippen LogP contribution is 2.10. The van der Waals surface area contributed by atoms with Crippen LogP contribution in [0.25, 0.3) is 0 Å². The fraction of sp³-hybridized carbons (Fsp3) is 0.300. The number of nitrogens with zero attached hydrogens (tertiary/aromatic N) is 2. The second-order valence-electron chi connectivity index (χ2n) is 3.47. The zero-order valence-electron chi connectivity index (χ0n) is 9.02. The third-order valence-electron chi connectivity index (χ3n) is 2.27. The highest BCUT2D eigenvalue weighted by atomic mass is 16.5. The maximum Gasteiger partial charge on any atom is 0.257 e. The summed E-state index contributed by atoms with van der Waals surface area (Å²) in [5.74, 6) is 0.995. The van der Waals surface area contributed by atoms with Crippen LogP contribution in [0.15, 0.2) is 23.1 Å². The number of amides is 1. The van der Waals surface area contributed by atoms with Gasteiger partial charge in [0.15, 0.2) is 0 Å². The van der Waals surface area contributed by atoms with E-state index in [0.29, 0.717) is 17.1 Å². The third-order valence-corrected chi connectivity index (χ3v) is 2.27. The van der Waals surface area contributed by atoms with Crippen molar-refractivity contribution in [1.29, 1.82) is 0 Å². The SMILES string of the molecule is Cc1oncc1C(=O)NC(C)c1ncc[nH]1. The standard InChI is InChI=1S/C10H12N4O2/c1-6(9-11-3-4-12-9)14-10(15)8-5-13-16-7(8)2/h3-6H,1-2H3,(H,11,12)(H,14,15). The number of aryl methyl sites for hydroxylation is 1. The summed E-state index contributed by atoms with van der Waals surface area (Å²) < 4.78 is 4.82. The van der Waals surface area contributed by atoms with E-state index in [1.165, 1.54) is 6.20 Å². The highest BCUT2D eigenvalue weighted by molar-refractivity contribution is 5.94. The quantitative estimate of drug-likeness (QED) is 0.813. The van der Waals surface area contributed by atoms with Crippen molar-refractivity contribution < 1.29 is 9.32 Å². The molecule has 2 rings (SSSR count). The van der Waals surface area contributed by atoms with E-state index in [1.54, 1.807) is 19.3 Å². The van der Waals surface area contributed by atoms with Crippen molar-refractivity contribution in [3.63, 3.8) is 0 Å². The first kappa shape index (κ1) is 10.4. The third kappa shape index (κ3) is 1.95. The first-order valence-corrected chi connectivity index (χ1v) is 4.90. The van der Waals surface area contributed by atoms with Crippen molar-refractivity contribution in [3.8, 4) is 0 Å². The molecule has 0 saturated carbocycles. The molecular weight excluding hydrogens is 208 g/mol. The Morgan fingerprint density at radius 1 is 1.62 bits per heavy atom. The van der Waals surface area contributed by atoms with Gasteiger partial charge in [0.1, 0.15) is 17.1 Å². The van der Waals surface area contributed by atoms with Gasteiger partial charge in [-0.1, -0.05) is 5.16 Å². The second-order valence-corrected chi connectivity index (χ2v) is 3.47. The number of carbonyl (C=O) groups is 1. The Bertz CT molecular complexity index is 475. The summed E-state index contributed by atoms with van der Waals surface area (Å²) in [6.07, 6.45) is 4.75. The molecule has 6 nitrogen and oxygen atoms in total. The molecule has 0 spiro atoms. The number of hydrogen-bond donors (Lipinski definition) is 2. The van der Waals surface area contributed by atoms with Crippen molar-refractivity contribution in [1.82, 2.24) is 20.4 Å². The average molecular weight is 220 g/mol. The Kier molecular flexibility index (Phi) is 2.72. The lowest BCUT2D eigenvalue weighted by Crippen LogP contribution is -2.27. The normalized spacial score (nSPS) is 12.4. The molecule has 84 valence electrons. The van der Waals surface area contributed by atoms with Crippen LogP contribution in [0.2, 0.25) is 0 Å². The molecule has 0 fully saturated rings. The van der Waals surface area contributed by atoms with Gasteiger partial charge in [-0.2, -0.15) is 0 Å². The van der Waals surface area contributed by atoms with Crippen LogP contribution >= 0.6 is 0 Å². The van der Waals surface area contributed by atoms with E-state index in [9.17, 15) is 4.79 Å². The number of hydrogen-bond acceptors (Lipinski definition) is 4. The van der Waals surface area contributed by atoms with Gasteiger partial charge in [0.25, 0.3) is 5.91 Å². The Balaban J connectivity index is 2.06. The largest absolute Gasteiger partial charge is 0.361 e. The molecule has 0 aliphatic carbocycles. The maximum absolute atomic E-state index is 11.8.